The highest BCUT2D eigenvalue weighted by molar-refractivity contribution is 5.35. The van der Waals surface area contributed by atoms with Gasteiger partial charge in [0.1, 0.15) is 5.75 Å². The zero-order valence-electron chi connectivity index (χ0n) is 8.08. The molecule has 15 heavy (non-hydrogen) atoms. The van der Waals surface area contributed by atoms with E-state index in [1.807, 2.05) is 0 Å². The molecule has 84 valence electrons. The van der Waals surface area contributed by atoms with Crippen LogP contribution >= 0.6 is 0 Å². The van der Waals surface area contributed by atoms with Crippen LogP contribution in [0.25, 0.3) is 0 Å². The van der Waals surface area contributed by atoms with E-state index < -0.39 is 12.5 Å². The monoisotopic (exact) mass is 220 g/mol. The molecule has 1 N–H and O–H groups in total. The fourth-order valence-electron chi connectivity index (χ4n) is 1.19. The molecule has 0 amide bonds. The molecule has 0 aromatic heterocycles. The van der Waals surface area contributed by atoms with Gasteiger partial charge in [0, 0.05) is 5.56 Å². The minimum atomic E-state index is -4.73. The van der Waals surface area contributed by atoms with Crippen molar-refractivity contribution < 1.29 is 23.0 Å². The first-order chi connectivity index (χ1) is 6.94. The lowest BCUT2D eigenvalue weighted by molar-refractivity contribution is -0.275. The van der Waals surface area contributed by atoms with Crippen molar-refractivity contribution in [1.82, 2.24) is 0 Å². The summed E-state index contributed by atoms with van der Waals surface area (Å²) in [5, 5.41) is 9.46. The van der Waals surface area contributed by atoms with Crippen LogP contribution in [0.4, 0.5) is 13.2 Å². The van der Waals surface area contributed by atoms with Crippen LogP contribution < -0.4 is 4.74 Å². The quantitative estimate of drug-likeness (QED) is 0.848. The molecule has 0 spiro atoms. The van der Waals surface area contributed by atoms with Crippen LogP contribution in [0.2, 0.25) is 0 Å². The zero-order chi connectivity index (χ0) is 11.5. The molecule has 0 bridgehead atoms. The Kier molecular flexibility index (Phi) is 3.57. The number of ether oxygens (including phenoxy) is 1. The van der Waals surface area contributed by atoms with Gasteiger partial charge in [-0.05, 0) is 12.5 Å². The van der Waals surface area contributed by atoms with Crippen LogP contribution in [0.3, 0.4) is 0 Å². The van der Waals surface area contributed by atoms with Crippen LogP contribution in [-0.2, 0) is 0 Å². The zero-order valence-corrected chi connectivity index (χ0v) is 8.08. The van der Waals surface area contributed by atoms with Crippen molar-refractivity contribution in [3.05, 3.63) is 29.8 Å². The van der Waals surface area contributed by atoms with Crippen molar-refractivity contribution in [1.29, 1.82) is 0 Å². The van der Waals surface area contributed by atoms with Gasteiger partial charge >= 0.3 is 6.36 Å². The largest absolute Gasteiger partial charge is 0.573 e. The summed E-state index contributed by atoms with van der Waals surface area (Å²) in [4.78, 5) is 0. The van der Waals surface area contributed by atoms with Gasteiger partial charge < -0.3 is 9.84 Å². The highest BCUT2D eigenvalue weighted by Crippen LogP contribution is 2.31. The number of hydrogen-bond acceptors (Lipinski definition) is 2. The summed E-state index contributed by atoms with van der Waals surface area (Å²) in [5.41, 5.74) is 0.150. The Hall–Kier alpha value is -1.23. The minimum absolute atomic E-state index is 0.150. The Morgan fingerprint density at radius 3 is 2.47 bits per heavy atom. The van der Waals surface area contributed by atoms with Crippen molar-refractivity contribution in [2.45, 2.75) is 25.8 Å². The molecule has 0 saturated carbocycles. The van der Waals surface area contributed by atoms with Crippen LogP contribution in [-0.4, -0.2) is 11.5 Å². The number of alkyl halides is 3. The van der Waals surface area contributed by atoms with E-state index >= 15 is 0 Å². The summed E-state index contributed by atoms with van der Waals surface area (Å²) in [6.07, 6.45) is -5.34. The maximum Gasteiger partial charge on any atom is 0.573 e. The van der Waals surface area contributed by atoms with E-state index in [4.69, 9.17) is 0 Å². The van der Waals surface area contributed by atoms with Crippen LogP contribution in [0.15, 0.2) is 24.3 Å². The predicted molar refractivity (Wildman–Crippen MR) is 48.4 cm³/mol. The maximum atomic E-state index is 12.0. The smallest absolute Gasteiger partial charge is 0.405 e. The van der Waals surface area contributed by atoms with Gasteiger partial charge in [-0.1, -0.05) is 25.1 Å². The molecule has 1 atom stereocenters. The van der Waals surface area contributed by atoms with Gasteiger partial charge in [0.05, 0.1) is 6.10 Å². The van der Waals surface area contributed by atoms with Crippen LogP contribution in [0.1, 0.15) is 25.0 Å². The fraction of sp³-hybridized carbons (Fsp3) is 0.400. The topological polar surface area (TPSA) is 29.5 Å². The second-order valence-electron chi connectivity index (χ2n) is 3.01. The average molecular weight is 220 g/mol. The number of benzene rings is 1. The average Bonchev–Trinajstić information content (AvgIpc) is 2.15. The first kappa shape index (κ1) is 11.8. The molecule has 1 rings (SSSR count). The van der Waals surface area contributed by atoms with Gasteiger partial charge in [-0.2, -0.15) is 0 Å². The number of halogens is 3. The van der Waals surface area contributed by atoms with E-state index in [1.54, 1.807) is 13.0 Å². The second-order valence-corrected chi connectivity index (χ2v) is 3.01. The highest BCUT2D eigenvalue weighted by Gasteiger charge is 2.32. The normalized spacial score (nSPS) is 13.7. The summed E-state index contributed by atoms with van der Waals surface area (Å²) in [5.74, 6) is -0.348. The summed E-state index contributed by atoms with van der Waals surface area (Å²) in [7, 11) is 0. The maximum absolute atomic E-state index is 12.0. The molecule has 1 aromatic rings. The minimum Gasteiger partial charge on any atom is -0.405 e. The summed E-state index contributed by atoms with van der Waals surface area (Å²) < 4.78 is 39.8. The molecule has 1 unspecified atom stereocenters. The third kappa shape index (κ3) is 3.43. The van der Waals surface area contributed by atoms with Crippen molar-refractivity contribution in [3.63, 3.8) is 0 Å². The molecule has 0 saturated heterocycles. The Morgan fingerprint density at radius 2 is 1.93 bits per heavy atom. The third-order valence-corrected chi connectivity index (χ3v) is 1.89. The van der Waals surface area contributed by atoms with E-state index in [0.29, 0.717) is 6.42 Å². The van der Waals surface area contributed by atoms with Crippen molar-refractivity contribution in [3.8, 4) is 5.75 Å². The summed E-state index contributed by atoms with van der Waals surface area (Å²) in [6, 6.07) is 5.57. The molecule has 0 radical (unpaired) electrons. The number of aliphatic hydroxyl groups is 1. The number of aliphatic hydroxyl groups excluding tert-OH is 1. The summed E-state index contributed by atoms with van der Waals surface area (Å²) >= 11 is 0. The highest BCUT2D eigenvalue weighted by atomic mass is 19.4. The number of para-hydroxylation sites is 1. The Labute approximate surface area is 85.3 Å². The van der Waals surface area contributed by atoms with Gasteiger partial charge in [0.2, 0.25) is 0 Å². The molecule has 1 aromatic carbocycles. The Balaban J connectivity index is 2.96. The molecule has 0 aliphatic heterocycles. The van der Waals surface area contributed by atoms with Gasteiger partial charge in [0.15, 0.2) is 0 Å². The molecule has 2 nitrogen and oxygen atoms in total. The molecule has 0 fully saturated rings. The van der Waals surface area contributed by atoms with Gasteiger partial charge in [-0.3, -0.25) is 0 Å². The molecule has 0 heterocycles. The van der Waals surface area contributed by atoms with Crippen molar-refractivity contribution in [2.24, 2.45) is 0 Å². The first-order valence-corrected chi connectivity index (χ1v) is 4.46. The summed E-state index contributed by atoms with van der Waals surface area (Å²) in [6.45, 7) is 1.68. The van der Waals surface area contributed by atoms with E-state index in [2.05, 4.69) is 4.74 Å². The van der Waals surface area contributed by atoms with E-state index in [1.165, 1.54) is 18.2 Å². The molecular formula is C10H11F3O2. The van der Waals surface area contributed by atoms with Crippen molar-refractivity contribution >= 4 is 0 Å². The van der Waals surface area contributed by atoms with Gasteiger partial charge in [0.25, 0.3) is 0 Å². The van der Waals surface area contributed by atoms with E-state index in [-0.39, 0.29) is 11.3 Å². The van der Waals surface area contributed by atoms with E-state index in [0.717, 1.165) is 0 Å². The van der Waals surface area contributed by atoms with Crippen LogP contribution in [0.5, 0.6) is 5.75 Å². The molecule has 5 heteroatoms. The van der Waals surface area contributed by atoms with Crippen molar-refractivity contribution in [2.75, 3.05) is 0 Å². The second kappa shape index (κ2) is 4.53. The van der Waals surface area contributed by atoms with Gasteiger partial charge in [-0.25, -0.2) is 0 Å². The standard InChI is InChI=1S/C10H11F3O2/c1-2-8(14)7-5-3-4-6-9(7)15-10(11,12)13/h3-6,8,14H,2H2,1H3. The number of hydrogen-bond donors (Lipinski definition) is 1. The van der Waals surface area contributed by atoms with Crippen LogP contribution in [0, 0.1) is 0 Å². The Morgan fingerprint density at radius 1 is 1.33 bits per heavy atom. The first-order valence-electron chi connectivity index (χ1n) is 4.46. The predicted octanol–water partition coefficient (Wildman–Crippen LogP) is 3.03. The molecule has 0 aliphatic carbocycles. The SMILES string of the molecule is CCC(O)c1ccccc1OC(F)(F)F. The van der Waals surface area contributed by atoms with Gasteiger partial charge in [-0.15, -0.1) is 13.2 Å². The number of rotatable bonds is 3. The lowest BCUT2D eigenvalue weighted by Gasteiger charge is -2.15. The fourth-order valence-corrected chi connectivity index (χ4v) is 1.19. The lowest BCUT2D eigenvalue weighted by Crippen LogP contribution is -2.18. The lowest BCUT2D eigenvalue weighted by atomic mass is 10.1. The molecular weight excluding hydrogens is 209 g/mol. The Bertz CT molecular complexity index is 323. The third-order valence-electron chi connectivity index (χ3n) is 1.89. The molecule has 0 aliphatic rings. The van der Waals surface area contributed by atoms with E-state index in [9.17, 15) is 18.3 Å².